The van der Waals surface area contributed by atoms with Gasteiger partial charge in [0.1, 0.15) is 6.04 Å². The molecule has 0 saturated carbocycles. The number of pyridine rings is 1. The molecule has 4 aromatic rings. The second-order valence-corrected chi connectivity index (χ2v) is 7.27. The van der Waals surface area contributed by atoms with Gasteiger partial charge >= 0.3 is 0 Å². The van der Waals surface area contributed by atoms with Crippen LogP contribution in [-0.4, -0.2) is 36.1 Å². The normalized spacial score (nSPS) is 16.5. The third-order valence-electron chi connectivity index (χ3n) is 5.07. The second-order valence-electron chi connectivity index (χ2n) is 6.71. The number of nitrogens with zero attached hydrogens (tertiary/aromatic N) is 4. The van der Waals surface area contributed by atoms with E-state index in [1.165, 1.54) is 17.1 Å². The molecule has 27 heavy (non-hydrogen) atoms. The number of amides is 1. The van der Waals surface area contributed by atoms with Crippen molar-refractivity contribution < 1.29 is 4.79 Å². The number of rotatable bonds is 2. The Morgan fingerprint density at radius 1 is 1.22 bits per heavy atom. The number of benzene rings is 1. The van der Waals surface area contributed by atoms with Crippen LogP contribution in [0.3, 0.4) is 0 Å². The average Bonchev–Trinajstić information content (AvgIpc) is 3.34. The van der Waals surface area contributed by atoms with Crippen molar-refractivity contribution in [3.05, 3.63) is 77.0 Å². The molecule has 1 aliphatic heterocycles. The topological polar surface area (TPSA) is 74.8 Å². The first-order valence-corrected chi connectivity index (χ1v) is 9.57. The van der Waals surface area contributed by atoms with Crippen molar-refractivity contribution in [2.24, 2.45) is 0 Å². The van der Waals surface area contributed by atoms with Gasteiger partial charge in [-0.25, -0.2) is 0 Å². The first-order valence-electron chi connectivity index (χ1n) is 8.84. The van der Waals surface area contributed by atoms with Crippen LogP contribution < -0.4 is 0 Å². The molecule has 1 amide bonds. The van der Waals surface area contributed by atoms with Crippen molar-refractivity contribution >= 4 is 28.5 Å². The van der Waals surface area contributed by atoms with E-state index in [2.05, 4.69) is 31.9 Å². The molecule has 0 spiro atoms. The summed E-state index contributed by atoms with van der Waals surface area (Å²) in [5.74, 6) is -0.110. The zero-order valence-corrected chi connectivity index (χ0v) is 15.5. The van der Waals surface area contributed by atoms with Crippen LogP contribution in [0.15, 0.2) is 48.7 Å². The van der Waals surface area contributed by atoms with Gasteiger partial charge < -0.3 is 9.88 Å². The van der Waals surface area contributed by atoms with Gasteiger partial charge in [-0.05, 0) is 37.1 Å². The Bertz CT molecular complexity index is 1130. The fourth-order valence-corrected chi connectivity index (χ4v) is 4.30. The highest BCUT2D eigenvalue weighted by Gasteiger charge is 2.36. The summed E-state index contributed by atoms with van der Waals surface area (Å²) in [6, 6.07) is 13.9. The van der Waals surface area contributed by atoms with E-state index < -0.39 is 0 Å². The predicted octanol–water partition coefficient (Wildman–Crippen LogP) is 3.51. The average molecular weight is 375 g/mol. The number of aromatic nitrogens is 4. The smallest absolute Gasteiger partial charge is 0.276 e. The number of aryl methyl sites for hydroxylation is 1. The number of fused-ring (bicyclic) bond motifs is 3. The number of aromatic amines is 1. The SMILES string of the molecule is Cc1cccc([C@@H]2c3[nH]c4ccccc4c3CCN2C(=O)c2cnsn2)n1. The predicted molar refractivity (Wildman–Crippen MR) is 104 cm³/mol. The third-order valence-corrected chi connectivity index (χ3v) is 5.54. The van der Waals surface area contributed by atoms with Crippen LogP contribution in [0, 0.1) is 6.92 Å². The van der Waals surface area contributed by atoms with Crippen molar-refractivity contribution in [3.8, 4) is 0 Å². The monoisotopic (exact) mass is 375 g/mol. The van der Waals surface area contributed by atoms with Gasteiger partial charge in [0.2, 0.25) is 0 Å². The van der Waals surface area contributed by atoms with Crippen LogP contribution in [0.25, 0.3) is 10.9 Å². The Labute approximate surface area is 160 Å². The molecule has 6 nitrogen and oxygen atoms in total. The fourth-order valence-electron chi connectivity index (χ4n) is 3.89. The minimum absolute atomic E-state index is 0.110. The van der Waals surface area contributed by atoms with Crippen molar-refractivity contribution in [1.82, 2.24) is 23.6 Å². The molecule has 134 valence electrons. The number of para-hydroxylation sites is 1. The van der Waals surface area contributed by atoms with Gasteiger partial charge in [-0.1, -0.05) is 24.3 Å². The minimum atomic E-state index is -0.268. The highest BCUT2D eigenvalue weighted by Crippen LogP contribution is 2.38. The molecule has 1 aromatic carbocycles. The van der Waals surface area contributed by atoms with E-state index in [-0.39, 0.29) is 11.9 Å². The first-order chi connectivity index (χ1) is 13.2. The van der Waals surface area contributed by atoms with E-state index in [1.54, 1.807) is 0 Å². The van der Waals surface area contributed by atoms with Crippen LogP contribution in [0.4, 0.5) is 0 Å². The quantitative estimate of drug-likeness (QED) is 0.582. The maximum atomic E-state index is 13.1. The van der Waals surface area contributed by atoms with Gasteiger partial charge in [0.25, 0.3) is 5.91 Å². The van der Waals surface area contributed by atoms with Crippen LogP contribution in [0.2, 0.25) is 0 Å². The zero-order chi connectivity index (χ0) is 18.4. The lowest BCUT2D eigenvalue weighted by atomic mass is 9.94. The molecule has 5 rings (SSSR count). The van der Waals surface area contributed by atoms with Crippen molar-refractivity contribution in [2.45, 2.75) is 19.4 Å². The molecule has 7 heteroatoms. The maximum absolute atomic E-state index is 13.1. The standard InChI is InChI=1S/C20H17N5OS/c1-12-5-4-8-16(22-12)19-18-14(13-6-2-3-7-15(13)23-18)9-10-25(19)20(26)17-11-21-27-24-17/h2-8,11,19,23H,9-10H2,1H3/t19-/m1/s1. The Kier molecular flexibility index (Phi) is 3.75. The molecule has 1 N–H and O–H groups in total. The summed E-state index contributed by atoms with van der Waals surface area (Å²) in [4.78, 5) is 23.3. The van der Waals surface area contributed by atoms with E-state index in [0.29, 0.717) is 12.2 Å². The van der Waals surface area contributed by atoms with Gasteiger partial charge in [0.05, 0.1) is 23.6 Å². The van der Waals surface area contributed by atoms with Crippen LogP contribution in [0.5, 0.6) is 0 Å². The number of H-pyrrole nitrogens is 1. The number of hydrogen-bond donors (Lipinski definition) is 1. The van der Waals surface area contributed by atoms with Crippen molar-refractivity contribution in [3.63, 3.8) is 0 Å². The molecule has 3 aromatic heterocycles. The molecular weight excluding hydrogens is 358 g/mol. The molecule has 1 aliphatic rings. The van der Waals surface area contributed by atoms with Gasteiger partial charge in [-0.3, -0.25) is 9.78 Å². The first kappa shape index (κ1) is 16.1. The minimum Gasteiger partial charge on any atom is -0.356 e. The van der Waals surface area contributed by atoms with Crippen molar-refractivity contribution in [1.29, 1.82) is 0 Å². The maximum Gasteiger partial charge on any atom is 0.276 e. The van der Waals surface area contributed by atoms with Crippen LogP contribution in [-0.2, 0) is 6.42 Å². The number of hydrogen-bond acceptors (Lipinski definition) is 5. The fraction of sp³-hybridized carbons (Fsp3) is 0.200. The van der Waals surface area contributed by atoms with Gasteiger partial charge in [0, 0.05) is 28.8 Å². The summed E-state index contributed by atoms with van der Waals surface area (Å²) >= 11 is 1.05. The van der Waals surface area contributed by atoms with Gasteiger partial charge in [-0.15, -0.1) is 0 Å². The zero-order valence-electron chi connectivity index (χ0n) is 14.7. The summed E-state index contributed by atoms with van der Waals surface area (Å²) in [7, 11) is 0. The Balaban J connectivity index is 1.70. The molecule has 0 aliphatic carbocycles. The molecule has 0 radical (unpaired) electrons. The third kappa shape index (κ3) is 2.62. The number of carbonyl (C=O) groups excluding carboxylic acids is 1. The molecule has 0 fully saturated rings. The van der Waals surface area contributed by atoms with Gasteiger partial charge in [-0.2, -0.15) is 8.75 Å². The molecule has 0 bridgehead atoms. The van der Waals surface area contributed by atoms with Crippen molar-refractivity contribution in [2.75, 3.05) is 6.54 Å². The Hall–Kier alpha value is -3.06. The van der Waals surface area contributed by atoms with E-state index in [1.807, 2.05) is 36.1 Å². The highest BCUT2D eigenvalue weighted by atomic mass is 32.1. The number of carbonyl (C=O) groups is 1. The lowest BCUT2D eigenvalue weighted by molar-refractivity contribution is 0.0683. The molecule has 1 atom stereocenters. The van der Waals surface area contributed by atoms with E-state index in [0.717, 1.165) is 40.7 Å². The molecule has 4 heterocycles. The number of nitrogens with one attached hydrogen (secondary N) is 1. The molecule has 0 unspecified atom stereocenters. The summed E-state index contributed by atoms with van der Waals surface area (Å²) in [5, 5.41) is 1.22. The lowest BCUT2D eigenvalue weighted by Crippen LogP contribution is -2.41. The summed E-state index contributed by atoms with van der Waals surface area (Å²) in [6.07, 6.45) is 2.33. The van der Waals surface area contributed by atoms with Gasteiger partial charge in [0.15, 0.2) is 5.69 Å². The summed E-state index contributed by atoms with van der Waals surface area (Å²) in [6.45, 7) is 2.58. The summed E-state index contributed by atoms with van der Waals surface area (Å²) < 4.78 is 8.13. The van der Waals surface area contributed by atoms with E-state index in [4.69, 9.17) is 4.98 Å². The summed E-state index contributed by atoms with van der Waals surface area (Å²) in [5.41, 5.74) is 5.57. The highest BCUT2D eigenvalue weighted by molar-refractivity contribution is 6.99. The second kappa shape index (κ2) is 6.28. The van der Waals surface area contributed by atoms with E-state index in [9.17, 15) is 4.79 Å². The lowest BCUT2D eigenvalue weighted by Gasteiger charge is -2.35. The van der Waals surface area contributed by atoms with E-state index >= 15 is 0 Å². The largest absolute Gasteiger partial charge is 0.356 e. The van der Waals surface area contributed by atoms with Crippen LogP contribution >= 0.6 is 11.7 Å². The molecule has 0 saturated heterocycles. The Morgan fingerprint density at radius 2 is 2.11 bits per heavy atom. The molecular formula is C20H17N5OS. The Morgan fingerprint density at radius 3 is 2.93 bits per heavy atom. The van der Waals surface area contributed by atoms with Crippen LogP contribution in [0.1, 0.15) is 39.2 Å².